The maximum Gasteiger partial charge on any atom is 0.295 e. The summed E-state index contributed by atoms with van der Waals surface area (Å²) in [6, 6.07) is 6.99. The lowest BCUT2D eigenvalue weighted by molar-refractivity contribution is -0.383. The summed E-state index contributed by atoms with van der Waals surface area (Å²) in [5, 5.41) is 15.5. The van der Waals surface area contributed by atoms with Gasteiger partial charge in [0.05, 0.1) is 4.92 Å². The Bertz CT molecular complexity index is 663. The van der Waals surface area contributed by atoms with Gasteiger partial charge in [-0.1, -0.05) is 25.0 Å². The number of para-hydroxylation sites is 1. The van der Waals surface area contributed by atoms with Gasteiger partial charge in [-0.3, -0.25) is 10.1 Å². The third kappa shape index (κ3) is 2.19. The first-order valence-corrected chi connectivity index (χ1v) is 6.89. The number of rotatable bonds is 3. The van der Waals surface area contributed by atoms with Gasteiger partial charge in [0.1, 0.15) is 5.52 Å². The molecule has 20 heavy (non-hydrogen) atoms. The fourth-order valence-corrected chi connectivity index (χ4v) is 3.02. The van der Waals surface area contributed by atoms with Gasteiger partial charge in [0.25, 0.3) is 5.69 Å². The van der Waals surface area contributed by atoms with Gasteiger partial charge < -0.3 is 5.32 Å². The monoisotopic (exact) mass is 271 g/mol. The normalized spacial score (nSPS) is 17.2. The zero-order valence-electron chi connectivity index (χ0n) is 11.4. The van der Waals surface area contributed by atoms with Crippen LogP contribution in [-0.4, -0.2) is 15.4 Å². The molecular formula is C15H17N3O2. The molecule has 5 nitrogen and oxygen atoms in total. The first-order chi connectivity index (χ1) is 9.59. The number of anilines is 1. The molecule has 3 rings (SSSR count). The maximum absolute atomic E-state index is 11.1. The van der Waals surface area contributed by atoms with Crippen LogP contribution in [0.4, 0.5) is 11.4 Å². The summed E-state index contributed by atoms with van der Waals surface area (Å²) in [6.45, 7) is 2.21. The fourth-order valence-electron chi connectivity index (χ4n) is 3.02. The molecule has 0 aliphatic heterocycles. The van der Waals surface area contributed by atoms with Crippen molar-refractivity contribution in [2.45, 2.75) is 38.1 Å². The Balaban J connectivity index is 2.08. The average Bonchev–Trinajstić information content (AvgIpc) is 2.85. The SMILES string of the molecule is CC1(Nc2ccnc3c([N+](=O)[O-])cccc23)CCCC1. The van der Waals surface area contributed by atoms with Crippen molar-refractivity contribution in [1.29, 1.82) is 0 Å². The van der Waals surface area contributed by atoms with E-state index in [4.69, 9.17) is 0 Å². The molecule has 1 aliphatic carbocycles. The van der Waals surface area contributed by atoms with Gasteiger partial charge in [-0.15, -0.1) is 0 Å². The van der Waals surface area contributed by atoms with E-state index in [0.29, 0.717) is 5.52 Å². The first kappa shape index (κ1) is 12.8. The molecule has 1 saturated carbocycles. The topological polar surface area (TPSA) is 68.1 Å². The third-order valence-corrected chi connectivity index (χ3v) is 4.09. The van der Waals surface area contributed by atoms with E-state index >= 15 is 0 Å². The predicted molar refractivity (Wildman–Crippen MR) is 78.9 cm³/mol. The molecule has 0 saturated heterocycles. The number of aromatic nitrogens is 1. The van der Waals surface area contributed by atoms with Crippen molar-refractivity contribution in [3.63, 3.8) is 0 Å². The summed E-state index contributed by atoms with van der Waals surface area (Å²) in [4.78, 5) is 14.9. The van der Waals surface area contributed by atoms with Crippen LogP contribution in [0.25, 0.3) is 10.9 Å². The highest BCUT2D eigenvalue weighted by atomic mass is 16.6. The van der Waals surface area contributed by atoms with Gasteiger partial charge in [-0.2, -0.15) is 0 Å². The largest absolute Gasteiger partial charge is 0.379 e. The molecule has 1 aliphatic rings. The van der Waals surface area contributed by atoms with E-state index in [1.165, 1.54) is 18.9 Å². The van der Waals surface area contributed by atoms with Gasteiger partial charge in [0, 0.05) is 28.9 Å². The summed E-state index contributed by atoms with van der Waals surface area (Å²) in [5.74, 6) is 0. The van der Waals surface area contributed by atoms with Crippen LogP contribution in [-0.2, 0) is 0 Å². The maximum atomic E-state index is 11.1. The Kier molecular flexibility index (Phi) is 3.04. The number of nitro groups is 1. The zero-order valence-corrected chi connectivity index (χ0v) is 11.4. The summed E-state index contributed by atoms with van der Waals surface area (Å²) in [5.41, 5.74) is 1.52. The summed E-state index contributed by atoms with van der Waals surface area (Å²) >= 11 is 0. The van der Waals surface area contributed by atoms with Crippen LogP contribution in [0, 0.1) is 10.1 Å². The molecule has 0 radical (unpaired) electrons. The van der Waals surface area contributed by atoms with Crippen LogP contribution in [0.3, 0.4) is 0 Å². The minimum Gasteiger partial charge on any atom is -0.379 e. The van der Waals surface area contributed by atoms with Crippen molar-refractivity contribution in [2.75, 3.05) is 5.32 Å². The average molecular weight is 271 g/mol. The number of benzene rings is 1. The lowest BCUT2D eigenvalue weighted by Gasteiger charge is -2.27. The van der Waals surface area contributed by atoms with Gasteiger partial charge >= 0.3 is 0 Å². The molecule has 5 heteroatoms. The number of fused-ring (bicyclic) bond motifs is 1. The summed E-state index contributed by atoms with van der Waals surface area (Å²) < 4.78 is 0. The molecule has 0 bridgehead atoms. The molecule has 2 aromatic rings. The van der Waals surface area contributed by atoms with Gasteiger partial charge in [0.2, 0.25) is 0 Å². The minimum atomic E-state index is -0.379. The van der Waals surface area contributed by atoms with E-state index in [0.717, 1.165) is 23.9 Å². The number of nitrogens with zero attached hydrogens (tertiary/aromatic N) is 2. The van der Waals surface area contributed by atoms with E-state index in [-0.39, 0.29) is 16.1 Å². The molecule has 104 valence electrons. The highest BCUT2D eigenvalue weighted by molar-refractivity contribution is 5.96. The van der Waals surface area contributed by atoms with E-state index in [1.807, 2.05) is 12.1 Å². The number of nitrogens with one attached hydrogen (secondary N) is 1. The second-order valence-corrected chi connectivity index (χ2v) is 5.68. The Morgan fingerprint density at radius 2 is 2.05 bits per heavy atom. The van der Waals surface area contributed by atoms with Crippen molar-refractivity contribution < 1.29 is 4.92 Å². The molecule has 0 amide bonds. The van der Waals surface area contributed by atoms with Crippen molar-refractivity contribution in [3.8, 4) is 0 Å². The van der Waals surface area contributed by atoms with Gasteiger partial charge in [-0.05, 0) is 25.8 Å². The summed E-state index contributed by atoms with van der Waals surface area (Å²) in [6.07, 6.45) is 6.35. The second kappa shape index (κ2) is 4.74. The van der Waals surface area contributed by atoms with E-state index in [9.17, 15) is 10.1 Å². The number of nitro benzene ring substituents is 1. The molecule has 1 aromatic heterocycles. The standard InChI is InChI=1S/C15H17N3O2/c1-15(8-2-3-9-15)17-12-7-10-16-14-11(12)5-4-6-13(14)18(19)20/h4-7,10H,2-3,8-9H2,1H3,(H,16,17). The smallest absolute Gasteiger partial charge is 0.295 e. The Morgan fingerprint density at radius 1 is 1.30 bits per heavy atom. The van der Waals surface area contributed by atoms with E-state index in [2.05, 4.69) is 17.2 Å². The molecule has 0 unspecified atom stereocenters. The predicted octanol–water partition coefficient (Wildman–Crippen LogP) is 3.89. The van der Waals surface area contributed by atoms with Gasteiger partial charge in [0.15, 0.2) is 0 Å². The van der Waals surface area contributed by atoms with Crippen molar-refractivity contribution >= 4 is 22.3 Å². The number of non-ortho nitro benzene ring substituents is 1. The van der Waals surface area contributed by atoms with E-state index < -0.39 is 0 Å². The first-order valence-electron chi connectivity index (χ1n) is 6.89. The highest BCUT2D eigenvalue weighted by Crippen LogP contribution is 2.35. The fraction of sp³-hybridized carbons (Fsp3) is 0.400. The quantitative estimate of drug-likeness (QED) is 0.679. The lowest BCUT2D eigenvalue weighted by Crippen LogP contribution is -2.30. The molecule has 1 aromatic carbocycles. The van der Waals surface area contributed by atoms with E-state index in [1.54, 1.807) is 12.3 Å². The highest BCUT2D eigenvalue weighted by Gasteiger charge is 2.29. The molecular weight excluding hydrogens is 254 g/mol. The number of hydrogen-bond donors (Lipinski definition) is 1. The second-order valence-electron chi connectivity index (χ2n) is 5.68. The van der Waals surface area contributed by atoms with Crippen molar-refractivity contribution in [1.82, 2.24) is 4.98 Å². The molecule has 1 heterocycles. The lowest BCUT2D eigenvalue weighted by atomic mass is 9.99. The van der Waals surface area contributed by atoms with Crippen molar-refractivity contribution in [2.24, 2.45) is 0 Å². The van der Waals surface area contributed by atoms with Gasteiger partial charge in [-0.25, -0.2) is 4.98 Å². The summed E-state index contributed by atoms with van der Waals surface area (Å²) in [7, 11) is 0. The Morgan fingerprint density at radius 3 is 2.75 bits per heavy atom. The molecule has 0 atom stereocenters. The third-order valence-electron chi connectivity index (χ3n) is 4.09. The number of hydrogen-bond acceptors (Lipinski definition) is 4. The van der Waals surface area contributed by atoms with Crippen LogP contribution in [0.2, 0.25) is 0 Å². The Labute approximate surface area is 117 Å². The Hall–Kier alpha value is -2.17. The van der Waals surface area contributed by atoms with Crippen molar-refractivity contribution in [3.05, 3.63) is 40.6 Å². The molecule has 1 fully saturated rings. The molecule has 0 spiro atoms. The van der Waals surface area contributed by atoms with Crippen LogP contribution >= 0.6 is 0 Å². The van der Waals surface area contributed by atoms with Crippen LogP contribution in [0.1, 0.15) is 32.6 Å². The van der Waals surface area contributed by atoms with Crippen LogP contribution in [0.15, 0.2) is 30.5 Å². The molecule has 1 N–H and O–H groups in total. The number of pyridine rings is 1. The van der Waals surface area contributed by atoms with Crippen LogP contribution < -0.4 is 5.32 Å². The van der Waals surface area contributed by atoms with Crippen LogP contribution in [0.5, 0.6) is 0 Å². The minimum absolute atomic E-state index is 0.0581. The zero-order chi connectivity index (χ0) is 14.2.